The minimum atomic E-state index is -0.0250. The molecular formula is C16H28N2O2. The first-order chi connectivity index (χ1) is 9.76. The zero-order valence-electron chi connectivity index (χ0n) is 12.6. The van der Waals surface area contributed by atoms with E-state index in [0.29, 0.717) is 6.04 Å². The summed E-state index contributed by atoms with van der Waals surface area (Å²) in [6.45, 7) is 3.15. The highest BCUT2D eigenvalue weighted by atomic mass is 16.5. The Hall–Kier alpha value is -0.610. The van der Waals surface area contributed by atoms with Gasteiger partial charge >= 0.3 is 5.97 Å². The number of rotatable bonds is 5. The minimum absolute atomic E-state index is 0.0250. The fourth-order valence-corrected chi connectivity index (χ4v) is 3.90. The van der Waals surface area contributed by atoms with Gasteiger partial charge in [-0.1, -0.05) is 12.8 Å². The maximum Gasteiger partial charge on any atom is 0.310 e. The van der Waals surface area contributed by atoms with E-state index in [4.69, 9.17) is 4.74 Å². The number of carbonyl (C=O) groups is 1. The number of piperidine rings is 1. The summed E-state index contributed by atoms with van der Waals surface area (Å²) in [6, 6.07) is 1.20. The van der Waals surface area contributed by atoms with Crippen LogP contribution in [0.2, 0.25) is 0 Å². The molecule has 2 atom stereocenters. The summed E-state index contributed by atoms with van der Waals surface area (Å²) in [6.07, 6.45) is 9.13. The van der Waals surface area contributed by atoms with Crippen molar-refractivity contribution in [3.05, 3.63) is 0 Å². The van der Waals surface area contributed by atoms with Gasteiger partial charge in [0.2, 0.25) is 0 Å². The van der Waals surface area contributed by atoms with Gasteiger partial charge in [0.05, 0.1) is 13.0 Å². The number of nitrogens with zero attached hydrogens (tertiary/aromatic N) is 1. The summed E-state index contributed by atoms with van der Waals surface area (Å²) in [5.41, 5.74) is 0. The van der Waals surface area contributed by atoms with Crippen LogP contribution in [0.4, 0.5) is 0 Å². The maximum atomic E-state index is 11.9. The van der Waals surface area contributed by atoms with E-state index in [1.54, 1.807) is 0 Å². The molecule has 3 rings (SSSR count). The number of carbonyl (C=O) groups excluding carboxylic acids is 1. The highest BCUT2D eigenvalue weighted by Crippen LogP contribution is 2.32. The third-order valence-corrected chi connectivity index (χ3v) is 5.25. The molecule has 0 aromatic carbocycles. The molecule has 1 saturated heterocycles. The number of hydrogen-bond acceptors (Lipinski definition) is 4. The van der Waals surface area contributed by atoms with E-state index in [0.717, 1.165) is 38.0 Å². The molecule has 1 N–H and O–H groups in total. The van der Waals surface area contributed by atoms with E-state index in [9.17, 15) is 4.79 Å². The molecule has 2 aliphatic carbocycles. The first-order valence-corrected chi connectivity index (χ1v) is 8.31. The second-order valence-corrected chi connectivity index (χ2v) is 6.90. The normalized spacial score (nSPS) is 32.5. The first kappa shape index (κ1) is 14.3. The molecule has 4 heteroatoms. The number of hydrogen-bond donors (Lipinski definition) is 1. The van der Waals surface area contributed by atoms with Gasteiger partial charge in [0.1, 0.15) is 0 Å². The van der Waals surface area contributed by atoms with Crippen molar-refractivity contribution in [2.45, 2.75) is 57.0 Å². The van der Waals surface area contributed by atoms with Crippen molar-refractivity contribution in [2.75, 3.05) is 26.7 Å². The van der Waals surface area contributed by atoms with Gasteiger partial charge in [0.25, 0.3) is 0 Å². The van der Waals surface area contributed by atoms with Crippen LogP contribution >= 0.6 is 0 Å². The Bertz CT molecular complexity index is 337. The standard InChI is InChI=1S/C16H28N2O2/c1-20-16(19)13-8-14(11-18(10-13)15-6-7-15)17-9-12-4-2-3-5-12/h12-15,17H,2-11H2,1H3. The summed E-state index contributed by atoms with van der Waals surface area (Å²) in [5, 5.41) is 3.74. The number of ether oxygens (including phenoxy) is 1. The van der Waals surface area contributed by atoms with Crippen LogP contribution < -0.4 is 5.32 Å². The lowest BCUT2D eigenvalue weighted by atomic mass is 9.93. The van der Waals surface area contributed by atoms with Crippen molar-refractivity contribution in [3.63, 3.8) is 0 Å². The van der Waals surface area contributed by atoms with Gasteiger partial charge in [-0.3, -0.25) is 9.69 Å². The van der Waals surface area contributed by atoms with Crippen LogP contribution in [0.3, 0.4) is 0 Å². The van der Waals surface area contributed by atoms with Crippen molar-refractivity contribution >= 4 is 5.97 Å². The summed E-state index contributed by atoms with van der Waals surface area (Å²) in [7, 11) is 1.51. The molecule has 2 saturated carbocycles. The molecule has 114 valence electrons. The van der Waals surface area contributed by atoms with Crippen LogP contribution in [0.5, 0.6) is 0 Å². The predicted molar refractivity (Wildman–Crippen MR) is 78.5 cm³/mol. The molecule has 0 spiro atoms. The maximum absolute atomic E-state index is 11.9. The summed E-state index contributed by atoms with van der Waals surface area (Å²) >= 11 is 0. The Morgan fingerprint density at radius 3 is 2.60 bits per heavy atom. The lowest BCUT2D eigenvalue weighted by Gasteiger charge is -2.37. The van der Waals surface area contributed by atoms with Gasteiger partial charge in [-0.25, -0.2) is 0 Å². The lowest BCUT2D eigenvalue weighted by Crippen LogP contribution is -2.52. The zero-order chi connectivity index (χ0) is 13.9. The molecule has 0 amide bonds. The van der Waals surface area contributed by atoms with Crippen LogP contribution in [0.15, 0.2) is 0 Å². The van der Waals surface area contributed by atoms with E-state index >= 15 is 0 Å². The second kappa shape index (κ2) is 6.44. The van der Waals surface area contributed by atoms with E-state index in [1.165, 1.54) is 45.6 Å². The SMILES string of the molecule is COC(=O)C1CC(NCC2CCCC2)CN(C2CC2)C1. The second-order valence-electron chi connectivity index (χ2n) is 6.90. The van der Waals surface area contributed by atoms with Crippen molar-refractivity contribution in [1.29, 1.82) is 0 Å². The Labute approximate surface area is 122 Å². The fraction of sp³-hybridized carbons (Fsp3) is 0.938. The smallest absolute Gasteiger partial charge is 0.310 e. The number of nitrogens with one attached hydrogen (secondary N) is 1. The number of likely N-dealkylation sites (tertiary alicyclic amines) is 1. The van der Waals surface area contributed by atoms with Gasteiger partial charge in [0, 0.05) is 25.2 Å². The predicted octanol–water partition coefficient (Wildman–Crippen LogP) is 1.79. The van der Waals surface area contributed by atoms with Crippen LogP contribution in [-0.2, 0) is 9.53 Å². The van der Waals surface area contributed by atoms with Crippen molar-refractivity contribution < 1.29 is 9.53 Å². The number of methoxy groups -OCH3 is 1. The quantitative estimate of drug-likeness (QED) is 0.780. The van der Waals surface area contributed by atoms with E-state index in [-0.39, 0.29) is 11.9 Å². The summed E-state index contributed by atoms with van der Waals surface area (Å²) in [5.74, 6) is 0.904. The Morgan fingerprint density at radius 2 is 1.95 bits per heavy atom. The van der Waals surface area contributed by atoms with Crippen LogP contribution in [0.1, 0.15) is 44.9 Å². The van der Waals surface area contributed by atoms with Crippen molar-refractivity contribution in [1.82, 2.24) is 10.2 Å². The number of esters is 1. The average Bonchev–Trinajstić information content (AvgIpc) is 3.21. The molecule has 1 aliphatic heterocycles. The molecule has 20 heavy (non-hydrogen) atoms. The molecule has 0 aromatic rings. The van der Waals surface area contributed by atoms with Crippen LogP contribution in [0.25, 0.3) is 0 Å². The summed E-state index contributed by atoms with van der Waals surface area (Å²) < 4.78 is 4.97. The van der Waals surface area contributed by atoms with Gasteiger partial charge in [0.15, 0.2) is 0 Å². The molecule has 3 aliphatic rings. The highest BCUT2D eigenvalue weighted by molar-refractivity contribution is 5.72. The molecule has 1 heterocycles. The van der Waals surface area contributed by atoms with Crippen molar-refractivity contribution in [3.8, 4) is 0 Å². The van der Waals surface area contributed by atoms with Crippen LogP contribution in [0, 0.1) is 11.8 Å². The molecule has 0 radical (unpaired) electrons. The van der Waals surface area contributed by atoms with E-state index in [2.05, 4.69) is 10.2 Å². The van der Waals surface area contributed by atoms with Gasteiger partial charge in [-0.15, -0.1) is 0 Å². The average molecular weight is 280 g/mol. The van der Waals surface area contributed by atoms with Crippen LogP contribution in [-0.4, -0.2) is 49.7 Å². The molecule has 0 aromatic heterocycles. The monoisotopic (exact) mass is 280 g/mol. The first-order valence-electron chi connectivity index (χ1n) is 8.31. The molecular weight excluding hydrogens is 252 g/mol. The van der Waals surface area contributed by atoms with E-state index in [1.807, 2.05) is 0 Å². The Kier molecular flexibility index (Phi) is 4.61. The molecule has 0 bridgehead atoms. The fourth-order valence-electron chi connectivity index (χ4n) is 3.90. The van der Waals surface area contributed by atoms with Gasteiger partial charge in [-0.05, 0) is 44.6 Å². The molecule has 2 unspecified atom stereocenters. The minimum Gasteiger partial charge on any atom is -0.469 e. The molecule has 4 nitrogen and oxygen atoms in total. The topological polar surface area (TPSA) is 41.6 Å². The zero-order valence-corrected chi connectivity index (χ0v) is 12.6. The highest BCUT2D eigenvalue weighted by Gasteiger charge is 2.38. The van der Waals surface area contributed by atoms with Gasteiger partial charge in [-0.2, -0.15) is 0 Å². The van der Waals surface area contributed by atoms with Gasteiger partial charge < -0.3 is 10.1 Å². The third-order valence-electron chi connectivity index (χ3n) is 5.25. The third kappa shape index (κ3) is 3.53. The largest absolute Gasteiger partial charge is 0.469 e. The molecule has 3 fully saturated rings. The summed E-state index contributed by atoms with van der Waals surface area (Å²) in [4.78, 5) is 14.4. The lowest BCUT2D eigenvalue weighted by molar-refractivity contribution is -0.147. The Morgan fingerprint density at radius 1 is 1.20 bits per heavy atom. The van der Waals surface area contributed by atoms with Crippen molar-refractivity contribution in [2.24, 2.45) is 11.8 Å². The Balaban J connectivity index is 1.52. The van der Waals surface area contributed by atoms with E-state index < -0.39 is 0 Å².